The Morgan fingerprint density at radius 3 is 2.66 bits per heavy atom. The molecule has 1 amide bonds. The van der Waals surface area contributed by atoms with Crippen LogP contribution in [0.1, 0.15) is 29.2 Å². The fourth-order valence-corrected chi connectivity index (χ4v) is 2.92. The minimum absolute atomic E-state index is 0.167. The van der Waals surface area contributed by atoms with Crippen LogP contribution in [0.3, 0.4) is 0 Å². The van der Waals surface area contributed by atoms with Crippen LogP contribution in [0.15, 0.2) is 62.8 Å². The van der Waals surface area contributed by atoms with Crippen molar-refractivity contribution in [2.45, 2.75) is 13.5 Å². The van der Waals surface area contributed by atoms with Crippen molar-refractivity contribution >= 4 is 50.9 Å². The smallest absolute Gasteiger partial charge is 0.273 e. The van der Waals surface area contributed by atoms with Crippen LogP contribution in [0, 0.1) is 0 Å². The van der Waals surface area contributed by atoms with Gasteiger partial charge in [-0.15, -0.1) is 0 Å². The largest absolute Gasteiger partial charge is 0.398 e. The van der Waals surface area contributed by atoms with Gasteiger partial charge in [0.1, 0.15) is 13.7 Å². The van der Waals surface area contributed by atoms with Crippen molar-refractivity contribution in [2.24, 2.45) is 10.3 Å². The second-order valence-electron chi connectivity index (χ2n) is 5.87. The summed E-state index contributed by atoms with van der Waals surface area (Å²) in [5.41, 5.74) is 4.09. The first kappa shape index (κ1) is 22.6. The van der Waals surface area contributed by atoms with Crippen LogP contribution < -0.4 is 5.32 Å². The lowest BCUT2D eigenvalue weighted by atomic mass is 10.0. The van der Waals surface area contributed by atoms with Crippen LogP contribution in [0.4, 0.5) is 0 Å². The highest BCUT2D eigenvalue weighted by atomic mass is 79.9. The molecule has 0 saturated carbocycles. The van der Waals surface area contributed by atoms with Crippen LogP contribution in [0.25, 0.3) is 6.08 Å². The molecule has 0 spiro atoms. The molecule has 0 radical (unpaired) electrons. The quantitative estimate of drug-likeness (QED) is 0.443. The summed E-state index contributed by atoms with van der Waals surface area (Å²) >= 11 is 9.08. The number of amides is 1. The zero-order valence-electron chi connectivity index (χ0n) is 16.3. The van der Waals surface area contributed by atoms with Crippen molar-refractivity contribution in [3.63, 3.8) is 0 Å². The second-order valence-corrected chi connectivity index (χ2v) is 7.59. The molecule has 2 rings (SSSR count). The van der Waals surface area contributed by atoms with E-state index in [0.717, 1.165) is 16.7 Å². The lowest BCUT2D eigenvalue weighted by Gasteiger charge is -2.10. The van der Waals surface area contributed by atoms with Crippen molar-refractivity contribution in [3.8, 4) is 0 Å². The topological polar surface area (TPSA) is 72.3 Å². The molecular weight excluding hydrogens is 458 g/mol. The van der Waals surface area contributed by atoms with E-state index in [2.05, 4.69) is 31.6 Å². The van der Waals surface area contributed by atoms with Crippen LogP contribution in [-0.4, -0.2) is 31.5 Å². The number of halogens is 2. The second kappa shape index (κ2) is 11.4. The first-order valence-electron chi connectivity index (χ1n) is 8.67. The molecule has 0 aliphatic carbocycles. The number of hydrogen-bond acceptors (Lipinski definition) is 5. The molecule has 0 atom stereocenters. The van der Waals surface area contributed by atoms with Gasteiger partial charge in [0, 0.05) is 18.2 Å². The average molecular weight is 479 g/mol. The molecule has 0 aliphatic rings. The molecule has 0 bridgehead atoms. The highest BCUT2D eigenvalue weighted by molar-refractivity contribution is 9.12. The van der Waals surface area contributed by atoms with E-state index < -0.39 is 0 Å². The number of likely N-dealkylation sites (N-methyl/N-ethyl adjacent to an activating group) is 1. The van der Waals surface area contributed by atoms with Crippen LogP contribution >= 0.6 is 27.5 Å². The summed E-state index contributed by atoms with van der Waals surface area (Å²) in [5, 5.41) is 10.6. The van der Waals surface area contributed by atoms with Gasteiger partial charge in [-0.05, 0) is 46.1 Å². The molecule has 0 aliphatic heterocycles. The third-order valence-corrected chi connectivity index (χ3v) is 4.24. The van der Waals surface area contributed by atoms with Gasteiger partial charge in [0.15, 0.2) is 5.71 Å². The predicted molar refractivity (Wildman–Crippen MR) is 120 cm³/mol. The highest BCUT2D eigenvalue weighted by Crippen LogP contribution is 2.17. The van der Waals surface area contributed by atoms with Crippen molar-refractivity contribution in [1.29, 1.82) is 0 Å². The lowest BCUT2D eigenvalue weighted by Crippen LogP contribution is -2.29. The van der Waals surface area contributed by atoms with Crippen LogP contribution in [-0.2, 0) is 21.1 Å². The van der Waals surface area contributed by atoms with Crippen molar-refractivity contribution in [3.05, 3.63) is 74.7 Å². The minimum Gasteiger partial charge on any atom is -0.398 e. The van der Waals surface area contributed by atoms with Gasteiger partial charge in [0.05, 0.1) is 9.65 Å². The Labute approximate surface area is 183 Å². The molecule has 0 unspecified atom stereocenters. The van der Waals surface area contributed by atoms with E-state index in [1.165, 1.54) is 14.2 Å². The number of oxime groups is 2. The van der Waals surface area contributed by atoms with Gasteiger partial charge in [0.25, 0.3) is 5.91 Å². The molecule has 6 nitrogen and oxygen atoms in total. The van der Waals surface area contributed by atoms with Gasteiger partial charge < -0.3 is 15.0 Å². The Morgan fingerprint density at radius 1 is 1.21 bits per heavy atom. The monoisotopic (exact) mass is 477 g/mol. The molecule has 152 valence electrons. The number of benzene rings is 2. The number of hydrogen-bond donors (Lipinski definition) is 1. The number of rotatable bonds is 8. The van der Waals surface area contributed by atoms with Crippen LogP contribution in [0.2, 0.25) is 0 Å². The molecule has 0 saturated heterocycles. The zero-order chi connectivity index (χ0) is 21.2. The maximum atomic E-state index is 12.1. The maximum Gasteiger partial charge on any atom is 0.273 e. The standard InChI is InChI=1S/C21H21BrClN3O3/c1-14(16-9-6-7-15(11-16)12-19(22)23)25-29-13-17-8-4-5-10-18(17)20(26-28-3)21(27)24-2/h4-12H,13H2,1-3H3,(H,24,27)/b19-12?,25-14?,26-20+. The normalized spacial score (nSPS) is 12.5. The van der Waals surface area contributed by atoms with Gasteiger partial charge in [-0.25, -0.2) is 0 Å². The van der Waals surface area contributed by atoms with Gasteiger partial charge in [-0.3, -0.25) is 4.79 Å². The predicted octanol–water partition coefficient (Wildman–Crippen LogP) is 4.66. The van der Waals surface area contributed by atoms with Crippen molar-refractivity contribution in [1.82, 2.24) is 5.32 Å². The molecule has 2 aromatic carbocycles. The summed E-state index contributed by atoms with van der Waals surface area (Å²) in [6.45, 7) is 2.02. The number of nitrogens with one attached hydrogen (secondary N) is 1. The third-order valence-electron chi connectivity index (χ3n) is 3.90. The molecule has 8 heteroatoms. The fraction of sp³-hybridized carbons (Fsp3) is 0.190. The molecule has 1 N–H and O–H groups in total. The first-order valence-corrected chi connectivity index (χ1v) is 9.84. The Balaban J connectivity index is 2.19. The Morgan fingerprint density at radius 2 is 1.97 bits per heavy atom. The molecule has 0 heterocycles. The zero-order valence-corrected chi connectivity index (χ0v) is 18.6. The minimum atomic E-state index is -0.352. The van der Waals surface area contributed by atoms with E-state index in [-0.39, 0.29) is 18.2 Å². The van der Waals surface area contributed by atoms with Crippen molar-refractivity contribution < 1.29 is 14.5 Å². The van der Waals surface area contributed by atoms with E-state index in [0.29, 0.717) is 15.2 Å². The summed E-state index contributed by atoms with van der Waals surface area (Å²) in [6, 6.07) is 15.0. The third kappa shape index (κ3) is 6.73. The SMILES string of the molecule is CNC(=O)/C(=N/OC)c1ccccc1CON=C(C)c1cccc(C=C(Cl)Br)c1. The van der Waals surface area contributed by atoms with E-state index in [9.17, 15) is 4.79 Å². The summed E-state index contributed by atoms with van der Waals surface area (Å²) in [7, 11) is 2.92. The van der Waals surface area contributed by atoms with E-state index in [4.69, 9.17) is 21.3 Å². The van der Waals surface area contributed by atoms with E-state index >= 15 is 0 Å². The van der Waals surface area contributed by atoms with E-state index in [1.54, 1.807) is 12.1 Å². The molecule has 29 heavy (non-hydrogen) atoms. The maximum absolute atomic E-state index is 12.1. The Bertz CT molecular complexity index is 954. The summed E-state index contributed by atoms with van der Waals surface area (Å²) in [4.78, 5) is 22.5. The van der Waals surface area contributed by atoms with Gasteiger partial charge in [-0.2, -0.15) is 0 Å². The Kier molecular flexibility index (Phi) is 8.89. The van der Waals surface area contributed by atoms with Crippen molar-refractivity contribution in [2.75, 3.05) is 14.2 Å². The number of nitrogens with zero attached hydrogens (tertiary/aromatic N) is 2. The summed E-state index contributed by atoms with van der Waals surface area (Å²) < 4.78 is 0.516. The first-order chi connectivity index (χ1) is 14.0. The molecule has 2 aromatic rings. The van der Waals surface area contributed by atoms with Gasteiger partial charge in [0.2, 0.25) is 0 Å². The number of carbonyl (C=O) groups is 1. The summed E-state index contributed by atoms with van der Waals surface area (Å²) in [6.07, 6.45) is 1.80. The molecular formula is C21H21BrClN3O3. The van der Waals surface area contributed by atoms with Crippen LogP contribution in [0.5, 0.6) is 0 Å². The average Bonchev–Trinajstić information content (AvgIpc) is 2.71. The molecule has 0 fully saturated rings. The lowest BCUT2D eigenvalue weighted by molar-refractivity contribution is -0.114. The number of carbonyl (C=O) groups excluding carboxylic acids is 1. The fourth-order valence-electron chi connectivity index (χ4n) is 2.53. The highest BCUT2D eigenvalue weighted by Gasteiger charge is 2.17. The van der Waals surface area contributed by atoms with Gasteiger partial charge in [-0.1, -0.05) is 64.4 Å². The summed E-state index contributed by atoms with van der Waals surface area (Å²) in [5.74, 6) is -0.352. The van der Waals surface area contributed by atoms with E-state index in [1.807, 2.05) is 49.4 Å². The Hall–Kier alpha value is -2.64. The van der Waals surface area contributed by atoms with Gasteiger partial charge >= 0.3 is 0 Å². The molecule has 0 aromatic heterocycles.